The molecule has 1 saturated carbocycles. The summed E-state index contributed by atoms with van der Waals surface area (Å²) in [6.07, 6.45) is 3.17. The molecule has 0 saturated heterocycles. The molecule has 1 aliphatic rings. The standard InChI is InChI=1S/C15H21BrO4/c1-18-13-7-10(11(16)8-14(13)19-2)12(17)9-15(20-3)5-4-6-15/h7-8,12,17H,4-6,9H2,1-3H3. The minimum absolute atomic E-state index is 0.175. The SMILES string of the molecule is COc1cc(Br)c(C(O)CC2(OC)CCC2)cc1OC. The zero-order valence-corrected chi connectivity index (χ0v) is 13.7. The van der Waals surface area contributed by atoms with Crippen LogP contribution in [-0.2, 0) is 4.74 Å². The maximum absolute atomic E-state index is 10.5. The van der Waals surface area contributed by atoms with E-state index >= 15 is 0 Å². The second-order valence-electron chi connectivity index (χ2n) is 5.19. The molecule has 1 aromatic carbocycles. The lowest BCUT2D eigenvalue weighted by atomic mass is 9.75. The average molecular weight is 345 g/mol. The Morgan fingerprint density at radius 2 is 1.80 bits per heavy atom. The maximum Gasteiger partial charge on any atom is 0.161 e. The second kappa shape index (κ2) is 6.33. The van der Waals surface area contributed by atoms with Gasteiger partial charge in [-0.3, -0.25) is 0 Å². The molecule has 1 N–H and O–H groups in total. The molecule has 4 nitrogen and oxygen atoms in total. The van der Waals surface area contributed by atoms with Gasteiger partial charge in [0.25, 0.3) is 0 Å². The van der Waals surface area contributed by atoms with Gasteiger partial charge in [-0.2, -0.15) is 0 Å². The summed E-state index contributed by atoms with van der Waals surface area (Å²) in [4.78, 5) is 0. The fraction of sp³-hybridized carbons (Fsp3) is 0.600. The van der Waals surface area contributed by atoms with Crippen molar-refractivity contribution in [1.29, 1.82) is 0 Å². The van der Waals surface area contributed by atoms with Crippen molar-refractivity contribution in [2.45, 2.75) is 37.4 Å². The Balaban J connectivity index is 2.23. The Labute approximate surface area is 128 Å². The molecule has 5 heteroatoms. The summed E-state index contributed by atoms with van der Waals surface area (Å²) in [5, 5.41) is 10.5. The van der Waals surface area contributed by atoms with Crippen LogP contribution in [0.25, 0.3) is 0 Å². The number of hydrogen-bond acceptors (Lipinski definition) is 4. The fourth-order valence-corrected chi connectivity index (χ4v) is 3.24. The Bertz CT molecular complexity index is 466. The van der Waals surface area contributed by atoms with Gasteiger partial charge in [-0.15, -0.1) is 0 Å². The highest BCUT2D eigenvalue weighted by Gasteiger charge is 2.39. The maximum atomic E-state index is 10.5. The van der Waals surface area contributed by atoms with Gasteiger partial charge in [0.05, 0.1) is 25.9 Å². The molecule has 1 aliphatic carbocycles. The van der Waals surface area contributed by atoms with E-state index in [2.05, 4.69) is 15.9 Å². The quantitative estimate of drug-likeness (QED) is 0.858. The van der Waals surface area contributed by atoms with Crippen LogP contribution in [0.15, 0.2) is 16.6 Å². The fourth-order valence-electron chi connectivity index (χ4n) is 2.65. The largest absolute Gasteiger partial charge is 0.493 e. The molecule has 0 spiro atoms. The van der Waals surface area contributed by atoms with E-state index in [-0.39, 0.29) is 5.60 Å². The van der Waals surface area contributed by atoms with Crippen molar-refractivity contribution < 1.29 is 19.3 Å². The number of methoxy groups -OCH3 is 3. The van der Waals surface area contributed by atoms with E-state index in [1.54, 1.807) is 21.3 Å². The summed E-state index contributed by atoms with van der Waals surface area (Å²) in [5.41, 5.74) is 0.623. The first-order valence-electron chi connectivity index (χ1n) is 6.70. The Morgan fingerprint density at radius 1 is 1.20 bits per heavy atom. The predicted molar refractivity (Wildman–Crippen MR) is 80.4 cm³/mol. The minimum atomic E-state index is -0.593. The molecule has 112 valence electrons. The van der Waals surface area contributed by atoms with Crippen LogP contribution >= 0.6 is 15.9 Å². The van der Waals surface area contributed by atoms with Gasteiger partial charge in [-0.1, -0.05) is 15.9 Å². The summed E-state index contributed by atoms with van der Waals surface area (Å²) in [7, 11) is 4.90. The molecule has 20 heavy (non-hydrogen) atoms. The van der Waals surface area contributed by atoms with Gasteiger partial charge in [-0.05, 0) is 37.0 Å². The normalized spacial score (nSPS) is 18.2. The van der Waals surface area contributed by atoms with Gasteiger partial charge < -0.3 is 19.3 Å². The number of benzene rings is 1. The minimum Gasteiger partial charge on any atom is -0.493 e. The number of ether oxygens (including phenoxy) is 3. The van der Waals surface area contributed by atoms with Crippen molar-refractivity contribution in [3.63, 3.8) is 0 Å². The first-order valence-corrected chi connectivity index (χ1v) is 7.49. The topological polar surface area (TPSA) is 47.9 Å². The molecule has 0 amide bonds. The van der Waals surface area contributed by atoms with Gasteiger partial charge in [0, 0.05) is 18.0 Å². The second-order valence-corrected chi connectivity index (χ2v) is 6.04. The third kappa shape index (κ3) is 2.95. The van der Waals surface area contributed by atoms with Crippen LogP contribution in [0.3, 0.4) is 0 Å². The van der Waals surface area contributed by atoms with Crippen molar-refractivity contribution in [3.05, 3.63) is 22.2 Å². The molecule has 0 bridgehead atoms. The van der Waals surface area contributed by atoms with E-state index in [0.717, 1.165) is 29.3 Å². The van der Waals surface area contributed by atoms with E-state index < -0.39 is 6.10 Å². The number of aliphatic hydroxyl groups is 1. The van der Waals surface area contributed by atoms with E-state index in [1.165, 1.54) is 0 Å². The first-order chi connectivity index (χ1) is 9.55. The number of rotatable bonds is 6. The lowest BCUT2D eigenvalue weighted by Gasteiger charge is -2.42. The molecule has 0 radical (unpaired) electrons. The van der Waals surface area contributed by atoms with E-state index in [0.29, 0.717) is 17.9 Å². The molecular formula is C15H21BrO4. The summed E-state index contributed by atoms with van der Waals surface area (Å²) >= 11 is 3.48. The Morgan fingerprint density at radius 3 is 2.25 bits per heavy atom. The van der Waals surface area contributed by atoms with Crippen LogP contribution in [0, 0.1) is 0 Å². The highest BCUT2D eigenvalue weighted by atomic mass is 79.9. The molecular weight excluding hydrogens is 324 g/mol. The zero-order chi connectivity index (χ0) is 14.8. The van der Waals surface area contributed by atoms with Gasteiger partial charge >= 0.3 is 0 Å². The summed E-state index contributed by atoms with van der Waals surface area (Å²) < 4.78 is 16.9. The van der Waals surface area contributed by atoms with E-state index in [4.69, 9.17) is 14.2 Å². The van der Waals surface area contributed by atoms with Crippen LogP contribution in [0.5, 0.6) is 11.5 Å². The molecule has 0 heterocycles. The molecule has 2 rings (SSSR count). The molecule has 0 aromatic heterocycles. The lowest BCUT2D eigenvalue weighted by molar-refractivity contribution is -0.1000. The molecule has 1 atom stereocenters. The third-order valence-corrected chi connectivity index (χ3v) is 4.81. The molecule has 1 fully saturated rings. The van der Waals surface area contributed by atoms with Crippen LogP contribution in [0.1, 0.15) is 37.4 Å². The van der Waals surface area contributed by atoms with Crippen molar-refractivity contribution >= 4 is 15.9 Å². The van der Waals surface area contributed by atoms with Crippen molar-refractivity contribution in [2.24, 2.45) is 0 Å². The van der Waals surface area contributed by atoms with Crippen LogP contribution in [0.2, 0.25) is 0 Å². The summed E-state index contributed by atoms with van der Waals surface area (Å²) in [6.45, 7) is 0. The van der Waals surface area contributed by atoms with Crippen LogP contribution in [-0.4, -0.2) is 32.0 Å². The van der Waals surface area contributed by atoms with Crippen molar-refractivity contribution in [3.8, 4) is 11.5 Å². The predicted octanol–water partition coefficient (Wildman–Crippen LogP) is 3.46. The number of hydrogen-bond donors (Lipinski definition) is 1. The smallest absolute Gasteiger partial charge is 0.161 e. The molecule has 0 aliphatic heterocycles. The summed E-state index contributed by atoms with van der Waals surface area (Å²) in [6, 6.07) is 3.63. The number of aliphatic hydroxyl groups excluding tert-OH is 1. The van der Waals surface area contributed by atoms with Crippen LogP contribution in [0.4, 0.5) is 0 Å². The average Bonchev–Trinajstić information content (AvgIpc) is 2.42. The summed E-state index contributed by atoms with van der Waals surface area (Å²) in [5.74, 6) is 1.25. The van der Waals surface area contributed by atoms with Crippen molar-refractivity contribution in [1.82, 2.24) is 0 Å². The Kier molecular flexibility index (Phi) is 4.94. The third-order valence-electron chi connectivity index (χ3n) is 4.13. The monoisotopic (exact) mass is 344 g/mol. The van der Waals surface area contributed by atoms with Gasteiger partial charge in [0.1, 0.15) is 0 Å². The number of halogens is 1. The lowest BCUT2D eigenvalue weighted by Crippen LogP contribution is -2.40. The van der Waals surface area contributed by atoms with E-state index in [1.807, 2.05) is 12.1 Å². The Hall–Kier alpha value is -0.780. The molecule has 1 unspecified atom stereocenters. The van der Waals surface area contributed by atoms with Gasteiger partial charge in [0.2, 0.25) is 0 Å². The van der Waals surface area contributed by atoms with E-state index in [9.17, 15) is 5.11 Å². The highest BCUT2D eigenvalue weighted by Crippen LogP contribution is 2.44. The molecule has 1 aromatic rings. The van der Waals surface area contributed by atoms with Gasteiger partial charge in [0.15, 0.2) is 11.5 Å². The zero-order valence-electron chi connectivity index (χ0n) is 12.1. The van der Waals surface area contributed by atoms with Crippen molar-refractivity contribution in [2.75, 3.05) is 21.3 Å². The first kappa shape index (κ1) is 15.6. The van der Waals surface area contributed by atoms with Gasteiger partial charge in [-0.25, -0.2) is 0 Å². The van der Waals surface area contributed by atoms with Crippen LogP contribution < -0.4 is 9.47 Å². The highest BCUT2D eigenvalue weighted by molar-refractivity contribution is 9.10.